The molecule has 0 aliphatic rings. The van der Waals surface area contributed by atoms with E-state index in [1.54, 1.807) is 36.4 Å². The Labute approximate surface area is 112 Å². The Morgan fingerprint density at radius 1 is 1.16 bits per heavy atom. The summed E-state index contributed by atoms with van der Waals surface area (Å²) in [5.74, 6) is 2.50. The van der Waals surface area contributed by atoms with Crippen molar-refractivity contribution in [2.75, 3.05) is 0 Å². The maximum atomic E-state index is 11.4. The minimum atomic E-state index is -4.27. The standard InChI is InChI=1S/C15H12O3S/c1-3-12-5-4-6-13(10-12)14-9-11(2)7-8-15(14)19(16,17)18/h1,4-10H,2H3,(H,16,17,18). The number of aryl methyl sites for hydroxylation is 1. The van der Waals surface area contributed by atoms with Crippen LogP contribution in [0.3, 0.4) is 0 Å². The lowest BCUT2D eigenvalue weighted by atomic mass is 10.0. The number of hydrogen-bond acceptors (Lipinski definition) is 2. The van der Waals surface area contributed by atoms with Crippen LogP contribution >= 0.6 is 0 Å². The molecule has 0 radical (unpaired) electrons. The quantitative estimate of drug-likeness (QED) is 0.675. The Morgan fingerprint density at radius 2 is 1.89 bits per heavy atom. The predicted octanol–water partition coefficient (Wildman–Crippen LogP) is 2.89. The van der Waals surface area contributed by atoms with Crippen LogP contribution in [0.2, 0.25) is 0 Å². The Bertz CT molecular complexity index is 768. The molecule has 0 spiro atoms. The molecule has 3 nitrogen and oxygen atoms in total. The van der Waals surface area contributed by atoms with E-state index < -0.39 is 10.1 Å². The second kappa shape index (κ2) is 4.88. The molecule has 96 valence electrons. The third-order valence-corrected chi connectivity index (χ3v) is 3.67. The summed E-state index contributed by atoms with van der Waals surface area (Å²) in [6, 6.07) is 11.7. The molecule has 1 N–H and O–H groups in total. The summed E-state index contributed by atoms with van der Waals surface area (Å²) < 4.78 is 32.1. The fraction of sp³-hybridized carbons (Fsp3) is 0.0667. The molecule has 0 fully saturated rings. The number of rotatable bonds is 2. The Kier molecular flexibility index (Phi) is 3.43. The first kappa shape index (κ1) is 13.3. The Hall–Kier alpha value is -2.09. The first-order valence-electron chi connectivity index (χ1n) is 5.57. The molecule has 2 aromatic rings. The lowest BCUT2D eigenvalue weighted by molar-refractivity contribution is 0.483. The van der Waals surface area contributed by atoms with Gasteiger partial charge in [0.2, 0.25) is 0 Å². The highest BCUT2D eigenvalue weighted by Crippen LogP contribution is 2.28. The third-order valence-electron chi connectivity index (χ3n) is 2.75. The summed E-state index contributed by atoms with van der Waals surface area (Å²) in [4.78, 5) is -0.118. The summed E-state index contributed by atoms with van der Waals surface area (Å²) in [6.45, 7) is 1.85. The van der Waals surface area contributed by atoms with E-state index in [2.05, 4.69) is 5.92 Å². The van der Waals surface area contributed by atoms with E-state index in [0.29, 0.717) is 16.7 Å². The van der Waals surface area contributed by atoms with Gasteiger partial charge in [0.25, 0.3) is 10.1 Å². The summed E-state index contributed by atoms with van der Waals surface area (Å²) in [7, 11) is -4.27. The van der Waals surface area contributed by atoms with Gasteiger partial charge < -0.3 is 0 Å². The summed E-state index contributed by atoms with van der Waals surface area (Å²) in [6.07, 6.45) is 5.33. The number of hydrogen-bond donors (Lipinski definition) is 1. The second-order valence-corrected chi connectivity index (χ2v) is 5.59. The fourth-order valence-electron chi connectivity index (χ4n) is 1.87. The van der Waals surface area contributed by atoms with Gasteiger partial charge in [-0.3, -0.25) is 4.55 Å². The molecule has 2 rings (SSSR count). The van der Waals surface area contributed by atoms with Gasteiger partial charge in [-0.05, 0) is 30.7 Å². The van der Waals surface area contributed by atoms with Gasteiger partial charge in [-0.15, -0.1) is 6.42 Å². The number of benzene rings is 2. The zero-order chi connectivity index (χ0) is 14.0. The molecule has 2 aromatic carbocycles. The van der Waals surface area contributed by atoms with Gasteiger partial charge in [0, 0.05) is 11.1 Å². The molecular formula is C15H12O3S. The second-order valence-electron chi connectivity index (χ2n) is 4.20. The van der Waals surface area contributed by atoms with Crippen molar-refractivity contribution in [3.8, 4) is 23.5 Å². The molecule has 0 bridgehead atoms. The molecular weight excluding hydrogens is 260 g/mol. The van der Waals surface area contributed by atoms with Gasteiger partial charge in [0.05, 0.1) is 0 Å². The van der Waals surface area contributed by atoms with Gasteiger partial charge in [-0.25, -0.2) is 0 Å². The largest absolute Gasteiger partial charge is 0.295 e. The van der Waals surface area contributed by atoms with Crippen molar-refractivity contribution in [2.24, 2.45) is 0 Å². The van der Waals surface area contributed by atoms with E-state index in [4.69, 9.17) is 6.42 Å². The SMILES string of the molecule is C#Cc1cccc(-c2cc(C)ccc2S(=O)(=O)O)c1. The van der Waals surface area contributed by atoms with E-state index in [-0.39, 0.29) is 4.90 Å². The minimum absolute atomic E-state index is 0.118. The van der Waals surface area contributed by atoms with Crippen molar-refractivity contribution in [3.63, 3.8) is 0 Å². The zero-order valence-corrected chi connectivity index (χ0v) is 11.1. The molecule has 0 unspecified atom stereocenters. The molecule has 0 saturated carbocycles. The predicted molar refractivity (Wildman–Crippen MR) is 74.4 cm³/mol. The van der Waals surface area contributed by atoms with Gasteiger partial charge >= 0.3 is 0 Å². The average Bonchev–Trinajstić information content (AvgIpc) is 2.37. The summed E-state index contributed by atoms with van der Waals surface area (Å²) in [5.41, 5.74) is 2.65. The Morgan fingerprint density at radius 3 is 2.53 bits per heavy atom. The van der Waals surface area contributed by atoms with Gasteiger partial charge in [-0.2, -0.15) is 8.42 Å². The van der Waals surface area contributed by atoms with Gasteiger partial charge in [0.15, 0.2) is 0 Å². The molecule has 0 aromatic heterocycles. The average molecular weight is 272 g/mol. The highest BCUT2D eigenvalue weighted by atomic mass is 32.2. The lowest BCUT2D eigenvalue weighted by Gasteiger charge is -2.09. The van der Waals surface area contributed by atoms with Crippen molar-refractivity contribution >= 4 is 10.1 Å². The molecule has 0 saturated heterocycles. The van der Waals surface area contributed by atoms with Crippen molar-refractivity contribution in [3.05, 3.63) is 53.6 Å². The lowest BCUT2D eigenvalue weighted by Crippen LogP contribution is -2.01. The molecule has 0 aliphatic carbocycles. The highest BCUT2D eigenvalue weighted by Gasteiger charge is 2.16. The highest BCUT2D eigenvalue weighted by molar-refractivity contribution is 7.86. The van der Waals surface area contributed by atoms with Crippen LogP contribution in [0.1, 0.15) is 11.1 Å². The fourth-order valence-corrected chi connectivity index (χ4v) is 2.57. The Balaban J connectivity index is 2.74. The smallest absolute Gasteiger partial charge is 0.282 e. The monoisotopic (exact) mass is 272 g/mol. The maximum Gasteiger partial charge on any atom is 0.295 e. The molecule has 4 heteroatoms. The van der Waals surface area contributed by atoms with Crippen LogP contribution in [-0.4, -0.2) is 13.0 Å². The van der Waals surface area contributed by atoms with E-state index in [0.717, 1.165) is 5.56 Å². The normalized spacial score (nSPS) is 11.0. The van der Waals surface area contributed by atoms with Crippen molar-refractivity contribution < 1.29 is 13.0 Å². The van der Waals surface area contributed by atoms with Crippen molar-refractivity contribution in [1.82, 2.24) is 0 Å². The topological polar surface area (TPSA) is 54.4 Å². The zero-order valence-electron chi connectivity index (χ0n) is 10.3. The van der Waals surface area contributed by atoms with E-state index in [9.17, 15) is 13.0 Å². The van der Waals surface area contributed by atoms with Crippen LogP contribution < -0.4 is 0 Å². The van der Waals surface area contributed by atoms with E-state index >= 15 is 0 Å². The van der Waals surface area contributed by atoms with Crippen molar-refractivity contribution in [2.45, 2.75) is 11.8 Å². The van der Waals surface area contributed by atoms with Crippen LogP contribution in [0.25, 0.3) is 11.1 Å². The van der Waals surface area contributed by atoms with E-state index in [1.807, 2.05) is 6.92 Å². The molecule has 0 atom stereocenters. The first-order valence-corrected chi connectivity index (χ1v) is 7.01. The van der Waals surface area contributed by atoms with Gasteiger partial charge in [-0.1, -0.05) is 35.7 Å². The molecule has 0 amide bonds. The third kappa shape index (κ3) is 2.84. The van der Waals surface area contributed by atoms with Crippen LogP contribution in [-0.2, 0) is 10.1 Å². The molecule has 19 heavy (non-hydrogen) atoms. The van der Waals surface area contributed by atoms with Gasteiger partial charge in [0.1, 0.15) is 4.90 Å². The molecule has 0 aliphatic heterocycles. The maximum absolute atomic E-state index is 11.4. The van der Waals surface area contributed by atoms with Crippen LogP contribution in [0.4, 0.5) is 0 Å². The van der Waals surface area contributed by atoms with E-state index in [1.165, 1.54) is 6.07 Å². The first-order chi connectivity index (χ1) is 8.91. The summed E-state index contributed by atoms with van der Waals surface area (Å²) in [5, 5.41) is 0. The van der Waals surface area contributed by atoms with Crippen LogP contribution in [0.5, 0.6) is 0 Å². The number of terminal acetylenes is 1. The minimum Gasteiger partial charge on any atom is -0.282 e. The molecule has 0 heterocycles. The van der Waals surface area contributed by atoms with Crippen LogP contribution in [0.15, 0.2) is 47.4 Å². The summed E-state index contributed by atoms with van der Waals surface area (Å²) >= 11 is 0. The van der Waals surface area contributed by atoms with Crippen LogP contribution in [0, 0.1) is 19.3 Å². The van der Waals surface area contributed by atoms with Crippen molar-refractivity contribution in [1.29, 1.82) is 0 Å².